The number of amides is 3. The van der Waals surface area contributed by atoms with Gasteiger partial charge in [-0.1, -0.05) is 11.8 Å². The highest BCUT2D eigenvalue weighted by molar-refractivity contribution is 8.14. The van der Waals surface area contributed by atoms with Crippen LogP contribution in [0.15, 0.2) is 28.2 Å². The first-order valence-corrected chi connectivity index (χ1v) is 8.09. The maximum atomic E-state index is 13.5. The van der Waals surface area contributed by atoms with Gasteiger partial charge in [-0.05, 0) is 31.4 Å². The number of nitrogens with one attached hydrogen (secondary N) is 1. The molecule has 1 aliphatic heterocycles. The zero-order valence-corrected chi connectivity index (χ0v) is 12.8. The van der Waals surface area contributed by atoms with Crippen LogP contribution in [-0.2, 0) is 4.79 Å². The van der Waals surface area contributed by atoms with Crippen LogP contribution in [0.1, 0.15) is 19.3 Å². The molecule has 120 valence electrons. The Hall–Kier alpha value is -2.09. The van der Waals surface area contributed by atoms with Gasteiger partial charge in [-0.3, -0.25) is 4.79 Å². The third-order valence-electron chi connectivity index (χ3n) is 3.63. The Balaban J connectivity index is 1.60. The normalized spacial score (nSPS) is 19.9. The summed E-state index contributed by atoms with van der Waals surface area (Å²) in [6.45, 7) is 0. The Bertz CT molecular complexity index is 733. The van der Waals surface area contributed by atoms with Gasteiger partial charge in [0.15, 0.2) is 0 Å². The average molecular weight is 337 g/mol. The number of rotatable bonds is 3. The van der Waals surface area contributed by atoms with Crippen molar-refractivity contribution < 1.29 is 18.4 Å². The second-order valence-corrected chi connectivity index (χ2v) is 6.24. The lowest BCUT2D eigenvalue weighted by Crippen LogP contribution is -2.24. The summed E-state index contributed by atoms with van der Waals surface area (Å²) in [7, 11) is 0. The van der Waals surface area contributed by atoms with E-state index in [1.165, 1.54) is 0 Å². The van der Waals surface area contributed by atoms with Crippen molar-refractivity contribution in [1.29, 1.82) is 0 Å². The topological polar surface area (TPSA) is 70.9 Å². The van der Waals surface area contributed by atoms with E-state index in [4.69, 9.17) is 0 Å². The van der Waals surface area contributed by atoms with E-state index in [0.717, 1.165) is 48.9 Å². The molecule has 8 heteroatoms. The molecule has 1 saturated carbocycles. The highest BCUT2D eigenvalue weighted by Crippen LogP contribution is 2.31. The summed E-state index contributed by atoms with van der Waals surface area (Å²) >= 11 is 1.15. The van der Waals surface area contributed by atoms with Crippen molar-refractivity contribution in [3.63, 3.8) is 0 Å². The minimum absolute atomic E-state index is 0.00723. The highest BCUT2D eigenvalue weighted by Gasteiger charge is 2.32. The number of hydrogen-bond acceptors (Lipinski definition) is 3. The van der Waals surface area contributed by atoms with Crippen LogP contribution in [0.25, 0.3) is 0 Å². The van der Waals surface area contributed by atoms with Crippen LogP contribution in [-0.4, -0.2) is 28.4 Å². The monoisotopic (exact) mass is 337 g/mol. The number of anilines is 1. The molecular formula is C15H13F2N3O2S. The average Bonchev–Trinajstić information content (AvgIpc) is 2.96. The predicted molar refractivity (Wildman–Crippen MR) is 85.1 cm³/mol. The number of thioether (sulfide) groups is 1. The molecule has 5 nitrogen and oxygen atoms in total. The molecule has 0 saturated heterocycles. The lowest BCUT2D eigenvalue weighted by Gasteiger charge is -2.16. The van der Waals surface area contributed by atoms with Crippen LogP contribution in [0.2, 0.25) is 0 Å². The number of urea groups is 1. The second kappa shape index (κ2) is 6.57. The van der Waals surface area contributed by atoms with Crippen molar-refractivity contribution in [3.05, 3.63) is 29.8 Å². The highest BCUT2D eigenvalue weighted by atomic mass is 32.2. The zero-order chi connectivity index (χ0) is 16.4. The molecule has 0 spiro atoms. The summed E-state index contributed by atoms with van der Waals surface area (Å²) in [6, 6.07) is 2.40. The third kappa shape index (κ3) is 3.64. The zero-order valence-electron chi connectivity index (χ0n) is 12.0. The molecule has 1 aromatic carbocycles. The standard InChI is InChI=1S/C15H13F2N3O2S/c16-8-4-5-12(10(17)6-8)18-13(21)7-23-14-9-2-1-3-11(9)19-15(22)20-14/h4-6,9H,1-3,7H2,(H,18,21). The molecule has 0 radical (unpaired) electrons. The van der Waals surface area contributed by atoms with Crippen molar-refractivity contribution in [2.45, 2.75) is 19.3 Å². The molecule has 0 aromatic heterocycles. The van der Waals surface area contributed by atoms with Gasteiger partial charge in [-0.25, -0.2) is 18.6 Å². The number of aliphatic imine (C=N–C) groups is 2. The molecule has 2 aliphatic rings. The molecule has 1 unspecified atom stereocenters. The number of carbonyl (C=O) groups excluding carboxylic acids is 2. The Morgan fingerprint density at radius 1 is 1.35 bits per heavy atom. The Kier molecular flexibility index (Phi) is 4.51. The van der Waals surface area contributed by atoms with Crippen LogP contribution < -0.4 is 5.32 Å². The van der Waals surface area contributed by atoms with E-state index < -0.39 is 23.6 Å². The van der Waals surface area contributed by atoms with Crippen molar-refractivity contribution in [3.8, 4) is 0 Å². The summed E-state index contributed by atoms with van der Waals surface area (Å²) in [5.41, 5.74) is 0.749. The van der Waals surface area contributed by atoms with Gasteiger partial charge in [0, 0.05) is 17.7 Å². The molecule has 1 fully saturated rings. The molecule has 3 rings (SSSR count). The van der Waals surface area contributed by atoms with E-state index in [-0.39, 0.29) is 17.4 Å². The molecule has 0 bridgehead atoms. The van der Waals surface area contributed by atoms with Crippen LogP contribution in [0.3, 0.4) is 0 Å². The van der Waals surface area contributed by atoms with Crippen molar-refractivity contribution >= 4 is 40.1 Å². The largest absolute Gasteiger partial charge is 0.367 e. The van der Waals surface area contributed by atoms with E-state index in [0.29, 0.717) is 11.1 Å². The van der Waals surface area contributed by atoms with Gasteiger partial charge in [0.1, 0.15) is 11.6 Å². The summed E-state index contributed by atoms with van der Waals surface area (Å²) in [4.78, 5) is 31.1. The van der Waals surface area contributed by atoms with E-state index >= 15 is 0 Å². The van der Waals surface area contributed by atoms with Gasteiger partial charge < -0.3 is 5.32 Å². The Morgan fingerprint density at radius 3 is 2.96 bits per heavy atom. The van der Waals surface area contributed by atoms with E-state index in [1.807, 2.05) is 0 Å². The second-order valence-electron chi connectivity index (χ2n) is 5.24. The fourth-order valence-electron chi connectivity index (χ4n) is 2.60. The number of benzene rings is 1. The summed E-state index contributed by atoms with van der Waals surface area (Å²) in [5.74, 6) is -1.98. The van der Waals surface area contributed by atoms with Gasteiger partial charge in [0.2, 0.25) is 5.91 Å². The van der Waals surface area contributed by atoms with Gasteiger partial charge >= 0.3 is 6.03 Å². The Labute approximate surface area is 135 Å². The van der Waals surface area contributed by atoms with Gasteiger partial charge in [0.05, 0.1) is 16.5 Å². The molecule has 1 N–H and O–H groups in total. The van der Waals surface area contributed by atoms with Crippen LogP contribution in [0.5, 0.6) is 0 Å². The number of carbonyl (C=O) groups is 2. The molecule has 1 heterocycles. The molecule has 23 heavy (non-hydrogen) atoms. The molecule has 1 aliphatic carbocycles. The van der Waals surface area contributed by atoms with Gasteiger partial charge in [0.25, 0.3) is 0 Å². The SMILES string of the molecule is O=C1N=C2CCCC2C(SCC(=O)Nc2ccc(F)cc2F)=N1. The minimum Gasteiger partial charge on any atom is -0.323 e. The fraction of sp³-hybridized carbons (Fsp3) is 0.333. The fourth-order valence-corrected chi connectivity index (χ4v) is 3.55. The van der Waals surface area contributed by atoms with Crippen LogP contribution in [0, 0.1) is 17.6 Å². The maximum Gasteiger partial charge on any atom is 0.367 e. The van der Waals surface area contributed by atoms with E-state index in [9.17, 15) is 18.4 Å². The first-order valence-electron chi connectivity index (χ1n) is 7.10. The van der Waals surface area contributed by atoms with Gasteiger partial charge in [-0.15, -0.1) is 0 Å². The van der Waals surface area contributed by atoms with E-state index in [1.54, 1.807) is 0 Å². The van der Waals surface area contributed by atoms with Crippen LogP contribution in [0.4, 0.5) is 19.3 Å². The maximum absolute atomic E-state index is 13.5. The smallest absolute Gasteiger partial charge is 0.323 e. The lowest BCUT2D eigenvalue weighted by molar-refractivity contribution is -0.113. The van der Waals surface area contributed by atoms with Crippen molar-refractivity contribution in [2.75, 3.05) is 11.1 Å². The molecule has 1 aromatic rings. The molecule has 1 atom stereocenters. The Morgan fingerprint density at radius 2 is 2.17 bits per heavy atom. The first kappa shape index (κ1) is 15.8. The molecule has 3 amide bonds. The van der Waals surface area contributed by atoms with Crippen molar-refractivity contribution in [1.82, 2.24) is 0 Å². The molecular weight excluding hydrogens is 324 g/mol. The van der Waals surface area contributed by atoms with Crippen molar-refractivity contribution in [2.24, 2.45) is 15.9 Å². The number of halogens is 2. The predicted octanol–water partition coefficient (Wildman–Crippen LogP) is 3.41. The third-order valence-corrected chi connectivity index (χ3v) is 4.71. The summed E-state index contributed by atoms with van der Waals surface area (Å²) < 4.78 is 26.3. The number of hydrogen-bond donors (Lipinski definition) is 1. The minimum atomic E-state index is -0.834. The summed E-state index contributed by atoms with van der Waals surface area (Å²) in [6.07, 6.45) is 2.60. The summed E-state index contributed by atoms with van der Waals surface area (Å²) in [5, 5.41) is 2.97. The first-order chi connectivity index (χ1) is 11.0. The quantitative estimate of drug-likeness (QED) is 0.919. The number of fused-ring (bicyclic) bond motifs is 1. The number of nitrogens with zero attached hydrogens (tertiary/aromatic N) is 2. The lowest BCUT2D eigenvalue weighted by atomic mass is 10.1. The van der Waals surface area contributed by atoms with E-state index in [2.05, 4.69) is 15.3 Å². The van der Waals surface area contributed by atoms with Crippen LogP contribution >= 0.6 is 11.8 Å². The van der Waals surface area contributed by atoms with Gasteiger partial charge in [-0.2, -0.15) is 4.99 Å².